The first-order valence-corrected chi connectivity index (χ1v) is 13.4. The van der Waals surface area contributed by atoms with E-state index in [0.717, 1.165) is 76.3 Å². The summed E-state index contributed by atoms with van der Waals surface area (Å²) in [5.74, 6) is 2.12. The predicted octanol–water partition coefficient (Wildman–Crippen LogP) is 6.73. The molecule has 1 saturated heterocycles. The Balaban J connectivity index is 1.17. The number of benzene rings is 2. The van der Waals surface area contributed by atoms with Crippen molar-refractivity contribution < 1.29 is 9.15 Å². The van der Waals surface area contributed by atoms with Gasteiger partial charge in [0.1, 0.15) is 17.2 Å². The molecule has 2 atom stereocenters. The molecule has 8 heteroatoms. The Labute approximate surface area is 227 Å². The van der Waals surface area contributed by atoms with Crippen molar-refractivity contribution in [1.29, 1.82) is 0 Å². The van der Waals surface area contributed by atoms with Crippen LogP contribution >= 0.6 is 0 Å². The summed E-state index contributed by atoms with van der Waals surface area (Å²) in [7, 11) is 0. The molecule has 1 aliphatic rings. The minimum atomic E-state index is 0.0268. The van der Waals surface area contributed by atoms with Gasteiger partial charge in [-0.1, -0.05) is 18.2 Å². The van der Waals surface area contributed by atoms with Crippen LogP contribution < -0.4 is 10.6 Å². The van der Waals surface area contributed by atoms with Crippen LogP contribution in [0.5, 0.6) is 0 Å². The van der Waals surface area contributed by atoms with Crippen molar-refractivity contribution in [3.8, 4) is 22.4 Å². The van der Waals surface area contributed by atoms with E-state index in [1.807, 2.05) is 44.4 Å². The lowest BCUT2D eigenvalue weighted by Gasteiger charge is -2.17. The molecule has 198 valence electrons. The number of furan rings is 1. The molecule has 1 aliphatic heterocycles. The summed E-state index contributed by atoms with van der Waals surface area (Å²) in [6.45, 7) is 7.68. The van der Waals surface area contributed by atoms with Crippen molar-refractivity contribution in [2.75, 3.05) is 23.8 Å². The molecule has 39 heavy (non-hydrogen) atoms. The monoisotopic (exact) mass is 520 g/mol. The molecular weight excluding hydrogens is 488 g/mol. The molecule has 6 rings (SSSR count). The average Bonchev–Trinajstić information content (AvgIpc) is 3.61. The van der Waals surface area contributed by atoms with E-state index in [1.54, 1.807) is 6.26 Å². The van der Waals surface area contributed by atoms with E-state index in [4.69, 9.17) is 14.1 Å². The highest BCUT2D eigenvalue weighted by Gasteiger charge is 2.16. The molecule has 4 heterocycles. The number of rotatable bonds is 8. The number of fused-ring (bicyclic) bond motifs is 1. The number of aromatic nitrogens is 4. The first-order valence-electron chi connectivity index (χ1n) is 13.4. The predicted molar refractivity (Wildman–Crippen MR) is 154 cm³/mol. The third kappa shape index (κ3) is 5.61. The highest BCUT2D eigenvalue weighted by Crippen LogP contribution is 2.29. The third-order valence-electron chi connectivity index (χ3n) is 7.15. The lowest BCUT2D eigenvalue weighted by Crippen LogP contribution is -2.19. The largest absolute Gasteiger partial charge is 0.464 e. The number of hydrogen-bond donors (Lipinski definition) is 2. The average molecular weight is 521 g/mol. The zero-order valence-corrected chi connectivity index (χ0v) is 22.4. The first-order chi connectivity index (χ1) is 19.0. The number of hydrogen-bond acceptors (Lipinski definition) is 8. The van der Waals surface area contributed by atoms with Gasteiger partial charge in [0.15, 0.2) is 0 Å². The molecule has 1 fully saturated rings. The standard InChI is InChI=1S/C31H32N6O2/c1-19-18-39-29-10-9-24(13-27(19)29)28-14-30(37-21(3)36-28)35-20(2)22-6-4-7-23(12-22)25-15-32-31(33-16-25)34-17-26-8-5-11-38-26/h4,6-7,9-10,12-16,18,20,26H,5,8,11,17H2,1-3H3,(H,32,33,34)(H,35,36,37)/t20-,26?/m0/s1. The number of anilines is 2. The maximum Gasteiger partial charge on any atom is 0.222 e. The quantitative estimate of drug-likeness (QED) is 0.232. The van der Waals surface area contributed by atoms with Crippen molar-refractivity contribution >= 4 is 22.7 Å². The second-order valence-electron chi connectivity index (χ2n) is 10.1. The molecule has 0 aliphatic carbocycles. The SMILES string of the molecule is Cc1nc(N[C@@H](C)c2cccc(-c3cnc(NCC4CCCO4)nc3)c2)cc(-c2ccc3occ(C)c3c2)n1. The molecule has 1 unspecified atom stereocenters. The Kier molecular flexibility index (Phi) is 6.94. The van der Waals surface area contributed by atoms with Gasteiger partial charge in [0.25, 0.3) is 0 Å². The maximum atomic E-state index is 5.66. The summed E-state index contributed by atoms with van der Waals surface area (Å²) in [5.41, 5.74) is 7.07. The fourth-order valence-corrected chi connectivity index (χ4v) is 4.98. The van der Waals surface area contributed by atoms with Gasteiger partial charge in [-0.25, -0.2) is 19.9 Å². The molecule has 2 aromatic carbocycles. The third-order valence-corrected chi connectivity index (χ3v) is 7.15. The topological polar surface area (TPSA) is 98.0 Å². The Morgan fingerprint density at radius 3 is 2.67 bits per heavy atom. The fourth-order valence-electron chi connectivity index (χ4n) is 4.98. The second-order valence-corrected chi connectivity index (χ2v) is 10.1. The Morgan fingerprint density at radius 2 is 1.85 bits per heavy atom. The number of nitrogens with one attached hydrogen (secondary N) is 2. The second kappa shape index (κ2) is 10.8. The van der Waals surface area contributed by atoms with Gasteiger partial charge in [0.2, 0.25) is 5.95 Å². The van der Waals surface area contributed by atoms with Crippen LogP contribution in [0.15, 0.2) is 71.6 Å². The van der Waals surface area contributed by atoms with Gasteiger partial charge in [-0.15, -0.1) is 0 Å². The summed E-state index contributed by atoms with van der Waals surface area (Å²) in [6.07, 6.45) is 7.96. The zero-order chi connectivity index (χ0) is 26.8. The van der Waals surface area contributed by atoms with Crippen LogP contribution in [0.1, 0.15) is 42.8 Å². The summed E-state index contributed by atoms with van der Waals surface area (Å²) < 4.78 is 11.3. The minimum absolute atomic E-state index is 0.0268. The molecule has 8 nitrogen and oxygen atoms in total. The lowest BCUT2D eigenvalue weighted by atomic mass is 10.0. The van der Waals surface area contributed by atoms with E-state index in [9.17, 15) is 0 Å². The first kappa shape index (κ1) is 25.0. The summed E-state index contributed by atoms with van der Waals surface area (Å²) >= 11 is 0. The molecular formula is C31H32N6O2. The summed E-state index contributed by atoms with van der Waals surface area (Å²) in [5, 5.41) is 7.94. The molecule has 0 radical (unpaired) electrons. The molecule has 3 aromatic heterocycles. The summed E-state index contributed by atoms with van der Waals surface area (Å²) in [6, 6.07) is 16.6. The van der Waals surface area contributed by atoms with Gasteiger partial charge in [-0.3, -0.25) is 0 Å². The van der Waals surface area contributed by atoms with Crippen molar-refractivity contribution in [3.05, 3.63) is 84.1 Å². The Morgan fingerprint density at radius 1 is 0.974 bits per heavy atom. The minimum Gasteiger partial charge on any atom is -0.464 e. The van der Waals surface area contributed by atoms with Gasteiger partial charge in [0, 0.05) is 54.2 Å². The van der Waals surface area contributed by atoms with E-state index in [0.29, 0.717) is 11.8 Å². The van der Waals surface area contributed by atoms with Crippen molar-refractivity contribution in [2.24, 2.45) is 0 Å². The van der Waals surface area contributed by atoms with Crippen LogP contribution in [0, 0.1) is 13.8 Å². The molecule has 5 aromatic rings. The molecule has 0 amide bonds. The van der Waals surface area contributed by atoms with E-state index in [1.165, 1.54) is 0 Å². The van der Waals surface area contributed by atoms with Crippen molar-refractivity contribution in [2.45, 2.75) is 45.8 Å². The van der Waals surface area contributed by atoms with E-state index in [2.05, 4.69) is 62.8 Å². The van der Waals surface area contributed by atoms with Gasteiger partial charge >= 0.3 is 0 Å². The highest BCUT2D eigenvalue weighted by molar-refractivity contribution is 5.85. The van der Waals surface area contributed by atoms with E-state index in [-0.39, 0.29) is 12.1 Å². The van der Waals surface area contributed by atoms with Gasteiger partial charge in [-0.2, -0.15) is 0 Å². The zero-order valence-electron chi connectivity index (χ0n) is 22.4. The van der Waals surface area contributed by atoms with Gasteiger partial charge < -0.3 is 19.8 Å². The van der Waals surface area contributed by atoms with Gasteiger partial charge in [0.05, 0.1) is 18.1 Å². The Bertz CT molecular complexity index is 1590. The summed E-state index contributed by atoms with van der Waals surface area (Å²) in [4.78, 5) is 18.4. The lowest BCUT2D eigenvalue weighted by molar-refractivity contribution is 0.120. The smallest absolute Gasteiger partial charge is 0.222 e. The van der Waals surface area contributed by atoms with Crippen LogP contribution in [-0.4, -0.2) is 39.2 Å². The van der Waals surface area contributed by atoms with Crippen LogP contribution in [0.3, 0.4) is 0 Å². The fraction of sp³-hybridized carbons (Fsp3) is 0.290. The number of aryl methyl sites for hydroxylation is 2. The number of ether oxygens (including phenoxy) is 1. The van der Waals surface area contributed by atoms with E-state index < -0.39 is 0 Å². The molecule has 2 N–H and O–H groups in total. The maximum absolute atomic E-state index is 5.66. The molecule has 0 spiro atoms. The Hall–Kier alpha value is -4.30. The van der Waals surface area contributed by atoms with Crippen LogP contribution in [-0.2, 0) is 4.74 Å². The van der Waals surface area contributed by atoms with Crippen molar-refractivity contribution in [1.82, 2.24) is 19.9 Å². The van der Waals surface area contributed by atoms with Crippen LogP contribution in [0.2, 0.25) is 0 Å². The van der Waals surface area contributed by atoms with E-state index >= 15 is 0 Å². The normalized spacial score (nSPS) is 15.9. The van der Waals surface area contributed by atoms with Crippen LogP contribution in [0.25, 0.3) is 33.4 Å². The number of nitrogens with zero attached hydrogens (tertiary/aromatic N) is 4. The highest BCUT2D eigenvalue weighted by atomic mass is 16.5. The van der Waals surface area contributed by atoms with Gasteiger partial charge in [-0.05, 0) is 74.6 Å². The molecule has 0 bridgehead atoms. The molecule has 0 saturated carbocycles. The van der Waals surface area contributed by atoms with Crippen molar-refractivity contribution in [3.63, 3.8) is 0 Å². The van der Waals surface area contributed by atoms with Crippen LogP contribution in [0.4, 0.5) is 11.8 Å².